The minimum Gasteiger partial charge on any atom is -0.495 e. The van der Waals surface area contributed by atoms with E-state index in [1.165, 1.54) is 5.56 Å². The lowest BCUT2D eigenvalue weighted by molar-refractivity contribution is -0.133. The Labute approximate surface area is 183 Å². The lowest BCUT2D eigenvalue weighted by Gasteiger charge is -2.36. The number of aromatic nitrogens is 1. The van der Waals surface area contributed by atoms with E-state index in [0.717, 1.165) is 60.6 Å². The molecule has 0 saturated carbocycles. The zero-order valence-corrected chi connectivity index (χ0v) is 18.4. The van der Waals surface area contributed by atoms with Crippen molar-refractivity contribution in [1.29, 1.82) is 0 Å². The highest BCUT2D eigenvalue weighted by Crippen LogP contribution is 2.33. The van der Waals surface area contributed by atoms with Crippen molar-refractivity contribution in [1.82, 2.24) is 9.88 Å². The quantitative estimate of drug-likeness (QED) is 0.441. The van der Waals surface area contributed by atoms with Gasteiger partial charge in [0.05, 0.1) is 12.8 Å². The van der Waals surface area contributed by atoms with Gasteiger partial charge >= 0.3 is 5.97 Å². The first-order valence-corrected chi connectivity index (χ1v) is 10.8. The van der Waals surface area contributed by atoms with Crippen molar-refractivity contribution in [3.63, 3.8) is 0 Å². The van der Waals surface area contributed by atoms with Crippen LogP contribution in [0.5, 0.6) is 11.5 Å². The number of ether oxygens (including phenoxy) is 2. The zero-order valence-electron chi connectivity index (χ0n) is 18.4. The molecule has 0 radical (unpaired) electrons. The third-order valence-corrected chi connectivity index (χ3v) is 5.81. The number of nitrogens with zero attached hydrogens (tertiary/aromatic N) is 3. The Morgan fingerprint density at radius 1 is 1.10 bits per heavy atom. The molecule has 162 valence electrons. The highest BCUT2D eigenvalue weighted by molar-refractivity contribution is 5.91. The maximum atomic E-state index is 11.9. The number of anilines is 1. The third-order valence-electron chi connectivity index (χ3n) is 5.81. The molecule has 0 amide bonds. The molecule has 2 heterocycles. The molecule has 31 heavy (non-hydrogen) atoms. The van der Waals surface area contributed by atoms with E-state index in [1.807, 2.05) is 25.1 Å². The molecule has 0 atom stereocenters. The van der Waals surface area contributed by atoms with Crippen LogP contribution in [0.15, 0.2) is 48.7 Å². The molecular formula is C25H29N3O3. The number of esters is 1. The number of carbonyl (C=O) groups excluding carboxylic acids is 1. The average molecular weight is 420 g/mol. The van der Waals surface area contributed by atoms with E-state index in [1.54, 1.807) is 20.2 Å². The van der Waals surface area contributed by atoms with Crippen molar-refractivity contribution < 1.29 is 14.3 Å². The van der Waals surface area contributed by atoms with Crippen LogP contribution in [-0.4, -0.2) is 49.1 Å². The Morgan fingerprint density at radius 2 is 1.87 bits per heavy atom. The van der Waals surface area contributed by atoms with Crippen LogP contribution >= 0.6 is 0 Å². The number of fused-ring (bicyclic) bond motifs is 1. The molecule has 1 fully saturated rings. The molecule has 6 nitrogen and oxygen atoms in total. The first kappa shape index (κ1) is 21.1. The number of pyridine rings is 1. The maximum absolute atomic E-state index is 11.9. The van der Waals surface area contributed by atoms with Crippen LogP contribution < -0.4 is 14.4 Å². The number of hydrogen-bond donors (Lipinski definition) is 0. The fourth-order valence-corrected chi connectivity index (χ4v) is 4.16. The molecule has 3 aromatic rings. The topological polar surface area (TPSA) is 54.9 Å². The van der Waals surface area contributed by atoms with E-state index in [2.05, 4.69) is 39.0 Å². The highest BCUT2D eigenvalue weighted by atomic mass is 16.5. The Morgan fingerprint density at radius 3 is 2.61 bits per heavy atom. The van der Waals surface area contributed by atoms with Crippen molar-refractivity contribution in [3.8, 4) is 11.5 Å². The molecule has 0 N–H and O–H groups in total. The summed E-state index contributed by atoms with van der Waals surface area (Å²) >= 11 is 0. The first-order valence-electron chi connectivity index (χ1n) is 10.8. The van der Waals surface area contributed by atoms with Gasteiger partial charge in [-0.05, 0) is 36.2 Å². The van der Waals surface area contributed by atoms with Gasteiger partial charge in [-0.15, -0.1) is 0 Å². The smallest absolute Gasteiger partial charge is 0.310 e. The number of para-hydroxylation sites is 2. The van der Waals surface area contributed by atoms with Crippen LogP contribution in [0.2, 0.25) is 0 Å². The van der Waals surface area contributed by atoms with Gasteiger partial charge in [0.1, 0.15) is 11.3 Å². The van der Waals surface area contributed by atoms with E-state index in [0.29, 0.717) is 12.2 Å². The second-order valence-corrected chi connectivity index (χ2v) is 7.84. The van der Waals surface area contributed by atoms with Crippen LogP contribution in [-0.2, 0) is 11.3 Å². The van der Waals surface area contributed by atoms with Crippen LogP contribution in [0.25, 0.3) is 10.9 Å². The van der Waals surface area contributed by atoms with Crippen LogP contribution in [0.1, 0.15) is 24.5 Å². The van der Waals surface area contributed by atoms with Crippen molar-refractivity contribution in [2.24, 2.45) is 0 Å². The van der Waals surface area contributed by atoms with E-state index < -0.39 is 0 Å². The molecule has 1 saturated heterocycles. The molecule has 0 spiro atoms. The number of aryl methyl sites for hydroxylation is 1. The van der Waals surface area contributed by atoms with Crippen LogP contribution in [0.3, 0.4) is 0 Å². The number of piperazine rings is 1. The van der Waals surface area contributed by atoms with Gasteiger partial charge in [0.2, 0.25) is 0 Å². The van der Waals surface area contributed by atoms with Gasteiger partial charge in [-0.3, -0.25) is 14.7 Å². The van der Waals surface area contributed by atoms with E-state index >= 15 is 0 Å². The summed E-state index contributed by atoms with van der Waals surface area (Å²) in [6.45, 7) is 8.44. The molecule has 1 aliphatic rings. The average Bonchev–Trinajstić information content (AvgIpc) is 2.82. The van der Waals surface area contributed by atoms with Gasteiger partial charge in [-0.1, -0.05) is 31.2 Å². The van der Waals surface area contributed by atoms with Gasteiger partial charge < -0.3 is 14.4 Å². The summed E-state index contributed by atoms with van der Waals surface area (Å²) in [4.78, 5) is 21.3. The largest absolute Gasteiger partial charge is 0.495 e. The molecule has 1 aliphatic heterocycles. The molecule has 0 aliphatic carbocycles. The van der Waals surface area contributed by atoms with Crippen molar-refractivity contribution in [2.75, 3.05) is 38.2 Å². The molecule has 6 heteroatoms. The molecule has 1 aromatic heterocycles. The number of benzene rings is 2. The van der Waals surface area contributed by atoms with Gasteiger partial charge in [0.25, 0.3) is 0 Å². The van der Waals surface area contributed by atoms with E-state index in [9.17, 15) is 4.79 Å². The lowest BCUT2D eigenvalue weighted by Crippen LogP contribution is -2.46. The van der Waals surface area contributed by atoms with Crippen molar-refractivity contribution in [2.45, 2.75) is 26.8 Å². The molecule has 0 unspecified atom stereocenters. The first-order chi connectivity index (χ1) is 15.1. The summed E-state index contributed by atoms with van der Waals surface area (Å²) < 4.78 is 11.1. The van der Waals surface area contributed by atoms with E-state index in [-0.39, 0.29) is 5.97 Å². The summed E-state index contributed by atoms with van der Waals surface area (Å²) in [5.41, 5.74) is 4.06. The Balaban J connectivity index is 1.52. The summed E-state index contributed by atoms with van der Waals surface area (Å²) in [6.07, 6.45) is 2.09. The summed E-state index contributed by atoms with van der Waals surface area (Å²) in [6, 6.07) is 14.3. The van der Waals surface area contributed by atoms with Crippen LogP contribution in [0.4, 0.5) is 5.69 Å². The second-order valence-electron chi connectivity index (χ2n) is 7.84. The SMILES string of the molecule is CCC(=O)Oc1c(C)cc(CN2CCN(c3ccccc3OC)CC2)c2cccnc12. The number of rotatable bonds is 6. The molecule has 0 bridgehead atoms. The highest BCUT2D eigenvalue weighted by Gasteiger charge is 2.21. The number of carbonyl (C=O) groups is 1. The summed E-state index contributed by atoms with van der Waals surface area (Å²) in [7, 11) is 1.72. The zero-order chi connectivity index (χ0) is 21.8. The molecule has 4 rings (SSSR count). The third kappa shape index (κ3) is 4.49. The fourth-order valence-electron chi connectivity index (χ4n) is 4.16. The minimum absolute atomic E-state index is 0.240. The van der Waals surface area contributed by atoms with Gasteiger partial charge in [-0.2, -0.15) is 0 Å². The summed E-state index contributed by atoms with van der Waals surface area (Å²) in [5, 5.41) is 1.04. The Hall–Kier alpha value is -3.12. The van der Waals surface area contributed by atoms with Gasteiger partial charge in [0, 0.05) is 50.7 Å². The van der Waals surface area contributed by atoms with Gasteiger partial charge in [0.15, 0.2) is 5.75 Å². The maximum Gasteiger partial charge on any atom is 0.310 e. The Bertz CT molecular complexity index is 1070. The monoisotopic (exact) mass is 419 g/mol. The van der Waals surface area contributed by atoms with Crippen LogP contribution in [0, 0.1) is 6.92 Å². The normalized spacial score (nSPS) is 14.6. The van der Waals surface area contributed by atoms with Gasteiger partial charge in [-0.25, -0.2) is 0 Å². The molecular weight excluding hydrogens is 390 g/mol. The predicted molar refractivity (Wildman–Crippen MR) is 123 cm³/mol. The molecule has 2 aromatic carbocycles. The van der Waals surface area contributed by atoms with E-state index in [4.69, 9.17) is 9.47 Å². The van der Waals surface area contributed by atoms with Crippen molar-refractivity contribution in [3.05, 3.63) is 59.8 Å². The number of hydrogen-bond acceptors (Lipinski definition) is 6. The van der Waals surface area contributed by atoms with Crippen molar-refractivity contribution >= 4 is 22.6 Å². The fraction of sp³-hybridized carbons (Fsp3) is 0.360. The number of methoxy groups -OCH3 is 1. The minimum atomic E-state index is -0.240. The summed E-state index contributed by atoms with van der Waals surface area (Å²) in [5.74, 6) is 1.25. The Kier molecular flexibility index (Phi) is 6.37. The predicted octanol–water partition coefficient (Wildman–Crippen LogP) is 4.19. The lowest BCUT2D eigenvalue weighted by atomic mass is 10.0. The standard InChI is InChI=1S/C25H29N3O3/c1-4-23(29)31-25-18(2)16-19(20-8-7-11-26-24(20)25)17-27-12-14-28(15-13-27)21-9-5-6-10-22(21)30-3/h5-11,16H,4,12-15,17H2,1-3H3. The second kappa shape index (κ2) is 9.35.